The molecule has 0 atom stereocenters. The lowest BCUT2D eigenvalue weighted by molar-refractivity contribution is -0.116. The Labute approximate surface area is 138 Å². The molecule has 0 saturated heterocycles. The number of amides is 1. The molecule has 2 aromatic heterocycles. The molecule has 0 unspecified atom stereocenters. The number of benzene rings is 1. The number of fused-ring (bicyclic) bond motifs is 1. The van der Waals surface area contributed by atoms with Gasteiger partial charge in [-0.1, -0.05) is 0 Å². The number of nitrogens with one attached hydrogen (secondary N) is 1. The van der Waals surface area contributed by atoms with Gasteiger partial charge in [0.15, 0.2) is 5.65 Å². The van der Waals surface area contributed by atoms with Gasteiger partial charge in [0, 0.05) is 12.4 Å². The number of aromatic nitrogens is 3. The summed E-state index contributed by atoms with van der Waals surface area (Å²) in [7, 11) is 1.83. The van der Waals surface area contributed by atoms with E-state index < -0.39 is 0 Å². The van der Waals surface area contributed by atoms with Gasteiger partial charge in [-0.05, 0) is 37.3 Å². The van der Waals surface area contributed by atoms with E-state index in [-0.39, 0.29) is 24.8 Å². The molecule has 2 heterocycles. The molecule has 1 N–H and O–H groups in total. The Morgan fingerprint density at radius 2 is 2.08 bits per heavy atom. The normalized spacial score (nSPS) is 10.8. The van der Waals surface area contributed by atoms with Gasteiger partial charge < -0.3 is 10.1 Å². The molecular formula is C17H17FN4O2. The zero-order chi connectivity index (χ0) is 17.1. The second-order valence-corrected chi connectivity index (χ2v) is 5.40. The van der Waals surface area contributed by atoms with Crippen molar-refractivity contribution >= 4 is 22.6 Å². The SMILES string of the molecule is Cc1nn(C)c2ncc(NC(=O)CCOc3ccc(F)cc3)cc12. The van der Waals surface area contributed by atoms with Gasteiger partial charge in [-0.15, -0.1) is 0 Å². The van der Waals surface area contributed by atoms with Gasteiger partial charge in [0.05, 0.1) is 30.6 Å². The van der Waals surface area contributed by atoms with Crippen molar-refractivity contribution in [3.8, 4) is 5.75 Å². The highest BCUT2D eigenvalue weighted by Crippen LogP contribution is 2.19. The van der Waals surface area contributed by atoms with E-state index in [1.807, 2.05) is 20.0 Å². The minimum atomic E-state index is -0.325. The lowest BCUT2D eigenvalue weighted by Gasteiger charge is -2.07. The number of halogens is 1. The van der Waals surface area contributed by atoms with Crippen LogP contribution >= 0.6 is 0 Å². The van der Waals surface area contributed by atoms with Gasteiger partial charge in [0.25, 0.3) is 0 Å². The van der Waals surface area contributed by atoms with E-state index in [4.69, 9.17) is 4.74 Å². The van der Waals surface area contributed by atoms with Crippen LogP contribution in [0.4, 0.5) is 10.1 Å². The molecule has 6 nitrogen and oxygen atoms in total. The smallest absolute Gasteiger partial charge is 0.227 e. The summed E-state index contributed by atoms with van der Waals surface area (Å²) in [6.07, 6.45) is 1.78. The Morgan fingerprint density at radius 3 is 2.83 bits per heavy atom. The number of aryl methyl sites for hydroxylation is 2. The molecule has 7 heteroatoms. The van der Waals surface area contributed by atoms with Gasteiger partial charge in [0.2, 0.25) is 5.91 Å². The summed E-state index contributed by atoms with van der Waals surface area (Å²) in [6, 6.07) is 7.52. The lowest BCUT2D eigenvalue weighted by Crippen LogP contribution is -2.15. The van der Waals surface area contributed by atoms with Crippen LogP contribution in [0, 0.1) is 12.7 Å². The summed E-state index contributed by atoms with van der Waals surface area (Å²) < 4.78 is 19.9. The zero-order valence-corrected chi connectivity index (χ0v) is 13.4. The molecule has 3 aromatic rings. The first-order chi connectivity index (χ1) is 11.5. The van der Waals surface area contributed by atoms with Crippen molar-refractivity contribution < 1.29 is 13.9 Å². The van der Waals surface area contributed by atoms with E-state index in [1.165, 1.54) is 24.3 Å². The molecule has 1 amide bonds. The van der Waals surface area contributed by atoms with Gasteiger partial charge >= 0.3 is 0 Å². The van der Waals surface area contributed by atoms with Crippen molar-refractivity contribution in [2.75, 3.05) is 11.9 Å². The van der Waals surface area contributed by atoms with Crippen LogP contribution in [0.25, 0.3) is 11.0 Å². The minimum absolute atomic E-state index is 0.181. The number of rotatable bonds is 5. The topological polar surface area (TPSA) is 69.0 Å². The average molecular weight is 328 g/mol. The standard InChI is InChI=1S/C17H17FN4O2/c1-11-15-9-13(10-19-17(15)22(2)21-11)20-16(23)7-8-24-14-5-3-12(18)4-6-14/h3-6,9-10H,7-8H2,1-2H3,(H,20,23). The fourth-order valence-corrected chi connectivity index (χ4v) is 2.39. The van der Waals surface area contributed by atoms with Gasteiger partial charge in [-0.3, -0.25) is 9.48 Å². The summed E-state index contributed by atoms with van der Waals surface area (Å²) in [5.74, 6) is 0.0201. The molecule has 0 aliphatic rings. The first-order valence-corrected chi connectivity index (χ1v) is 7.50. The van der Waals surface area contributed by atoms with E-state index in [0.29, 0.717) is 11.4 Å². The van der Waals surface area contributed by atoms with Crippen molar-refractivity contribution in [2.45, 2.75) is 13.3 Å². The zero-order valence-electron chi connectivity index (χ0n) is 13.4. The second-order valence-electron chi connectivity index (χ2n) is 5.40. The van der Waals surface area contributed by atoms with Crippen molar-refractivity contribution in [3.05, 3.63) is 48.0 Å². The van der Waals surface area contributed by atoms with Crippen LogP contribution in [0.2, 0.25) is 0 Å². The average Bonchev–Trinajstić information content (AvgIpc) is 2.83. The predicted octanol–water partition coefficient (Wildman–Crippen LogP) is 2.82. The first-order valence-electron chi connectivity index (χ1n) is 7.50. The van der Waals surface area contributed by atoms with E-state index in [9.17, 15) is 9.18 Å². The molecule has 0 bridgehead atoms. The lowest BCUT2D eigenvalue weighted by atomic mass is 10.2. The van der Waals surface area contributed by atoms with Crippen LogP contribution in [0.3, 0.4) is 0 Å². The van der Waals surface area contributed by atoms with Crippen LogP contribution in [0.15, 0.2) is 36.5 Å². The largest absolute Gasteiger partial charge is 0.493 e. The Bertz CT molecular complexity index is 874. The highest BCUT2D eigenvalue weighted by atomic mass is 19.1. The molecule has 0 aliphatic heterocycles. The molecule has 124 valence electrons. The summed E-state index contributed by atoms with van der Waals surface area (Å²) in [6.45, 7) is 2.10. The molecule has 0 fully saturated rings. The Balaban J connectivity index is 1.56. The number of hydrogen-bond donors (Lipinski definition) is 1. The molecule has 0 spiro atoms. The summed E-state index contributed by atoms with van der Waals surface area (Å²) in [5.41, 5.74) is 2.24. The van der Waals surface area contributed by atoms with E-state index in [1.54, 1.807) is 10.9 Å². The van der Waals surface area contributed by atoms with E-state index >= 15 is 0 Å². The quantitative estimate of drug-likeness (QED) is 0.782. The van der Waals surface area contributed by atoms with Crippen molar-refractivity contribution in [2.24, 2.45) is 7.05 Å². The maximum Gasteiger partial charge on any atom is 0.227 e. The third-order valence-electron chi connectivity index (χ3n) is 3.56. The number of anilines is 1. The number of carbonyl (C=O) groups excluding carboxylic acids is 1. The molecule has 0 saturated carbocycles. The third-order valence-corrected chi connectivity index (χ3v) is 3.56. The van der Waals surface area contributed by atoms with Crippen molar-refractivity contribution in [3.63, 3.8) is 0 Å². The molecule has 0 radical (unpaired) electrons. The molecule has 24 heavy (non-hydrogen) atoms. The van der Waals surface area contributed by atoms with Crippen molar-refractivity contribution in [1.29, 1.82) is 0 Å². The fourth-order valence-electron chi connectivity index (χ4n) is 2.39. The second kappa shape index (κ2) is 6.66. The fraction of sp³-hybridized carbons (Fsp3) is 0.235. The third kappa shape index (κ3) is 3.51. The molecule has 1 aromatic carbocycles. The number of hydrogen-bond acceptors (Lipinski definition) is 4. The van der Waals surface area contributed by atoms with Crippen molar-refractivity contribution in [1.82, 2.24) is 14.8 Å². The van der Waals surface area contributed by atoms with Gasteiger partial charge in [-0.25, -0.2) is 9.37 Å². The highest BCUT2D eigenvalue weighted by molar-refractivity contribution is 5.93. The summed E-state index contributed by atoms with van der Waals surface area (Å²) >= 11 is 0. The minimum Gasteiger partial charge on any atom is -0.493 e. The number of carbonyl (C=O) groups is 1. The van der Waals surface area contributed by atoms with Crippen LogP contribution in [-0.2, 0) is 11.8 Å². The Hall–Kier alpha value is -2.96. The number of nitrogens with zero attached hydrogens (tertiary/aromatic N) is 3. The Kier molecular flexibility index (Phi) is 4.41. The highest BCUT2D eigenvalue weighted by Gasteiger charge is 2.09. The predicted molar refractivity (Wildman–Crippen MR) is 88.4 cm³/mol. The van der Waals surface area contributed by atoms with Gasteiger partial charge in [-0.2, -0.15) is 5.10 Å². The number of pyridine rings is 1. The van der Waals surface area contributed by atoms with Crippen LogP contribution < -0.4 is 10.1 Å². The van der Waals surface area contributed by atoms with Crippen LogP contribution in [0.1, 0.15) is 12.1 Å². The maximum absolute atomic E-state index is 12.8. The summed E-state index contributed by atoms with van der Waals surface area (Å²) in [4.78, 5) is 16.3. The Morgan fingerprint density at radius 1 is 1.33 bits per heavy atom. The molecule has 3 rings (SSSR count). The van der Waals surface area contributed by atoms with E-state index in [0.717, 1.165) is 16.7 Å². The molecule has 0 aliphatic carbocycles. The molecular weight excluding hydrogens is 311 g/mol. The van der Waals surface area contributed by atoms with Crippen LogP contribution in [0.5, 0.6) is 5.75 Å². The first kappa shape index (κ1) is 15.9. The van der Waals surface area contributed by atoms with E-state index in [2.05, 4.69) is 15.4 Å². The number of ether oxygens (including phenoxy) is 1. The summed E-state index contributed by atoms with van der Waals surface area (Å²) in [5, 5.41) is 7.98. The van der Waals surface area contributed by atoms with Gasteiger partial charge in [0.1, 0.15) is 11.6 Å². The van der Waals surface area contributed by atoms with Crippen LogP contribution in [-0.4, -0.2) is 27.3 Å². The monoisotopic (exact) mass is 328 g/mol. The maximum atomic E-state index is 12.8.